The normalized spacial score (nSPS) is 18.1. The number of carbonyl (C=O) groups excluding carboxylic acids is 1. The Morgan fingerprint density at radius 3 is 3.05 bits per heavy atom. The van der Waals surface area contributed by atoms with Crippen LogP contribution in [0.15, 0.2) is 30.3 Å². The number of fused-ring (bicyclic) bond motifs is 1. The van der Waals surface area contributed by atoms with Crippen LogP contribution in [0.2, 0.25) is 0 Å². The third kappa shape index (κ3) is 2.88. The molecule has 0 radical (unpaired) electrons. The standard InChI is InChI=1S/C15H17N3OS/c1-10-5-6-12-13(16-10)3-2-4-14(12)18-15(19)17-11-7-8-20-9-11/h2-6,11H,7-9H2,1H3,(H2,17,18,19). The molecule has 0 bridgehead atoms. The van der Waals surface area contributed by atoms with Crippen LogP contribution >= 0.6 is 11.8 Å². The maximum absolute atomic E-state index is 12.0. The van der Waals surface area contributed by atoms with Crippen LogP contribution in [0, 0.1) is 6.92 Å². The first-order valence-corrected chi connectivity index (χ1v) is 7.89. The highest BCUT2D eigenvalue weighted by Gasteiger charge is 2.17. The number of aromatic nitrogens is 1. The van der Waals surface area contributed by atoms with Gasteiger partial charge >= 0.3 is 6.03 Å². The zero-order chi connectivity index (χ0) is 13.9. The maximum atomic E-state index is 12.0. The third-order valence-electron chi connectivity index (χ3n) is 3.38. The van der Waals surface area contributed by atoms with Gasteiger partial charge in [-0.3, -0.25) is 4.98 Å². The fourth-order valence-corrected chi connectivity index (χ4v) is 3.51. The molecular formula is C15H17N3OS. The molecule has 0 aliphatic carbocycles. The molecule has 0 spiro atoms. The van der Waals surface area contributed by atoms with Crippen molar-refractivity contribution in [2.45, 2.75) is 19.4 Å². The lowest BCUT2D eigenvalue weighted by molar-refractivity contribution is 0.249. The highest BCUT2D eigenvalue weighted by Crippen LogP contribution is 2.22. The van der Waals surface area contributed by atoms with Crippen molar-refractivity contribution in [1.82, 2.24) is 10.3 Å². The van der Waals surface area contributed by atoms with Crippen molar-refractivity contribution in [3.8, 4) is 0 Å². The molecule has 2 amide bonds. The molecule has 1 aliphatic rings. The van der Waals surface area contributed by atoms with Crippen molar-refractivity contribution in [1.29, 1.82) is 0 Å². The highest BCUT2D eigenvalue weighted by atomic mass is 32.2. The molecule has 1 atom stereocenters. The average molecular weight is 287 g/mol. The molecule has 1 saturated heterocycles. The SMILES string of the molecule is Cc1ccc2c(NC(=O)NC3CCSC3)cccc2n1. The van der Waals surface area contributed by atoms with Crippen molar-refractivity contribution in [2.24, 2.45) is 0 Å². The zero-order valence-electron chi connectivity index (χ0n) is 11.3. The van der Waals surface area contributed by atoms with E-state index in [2.05, 4.69) is 15.6 Å². The number of amides is 2. The quantitative estimate of drug-likeness (QED) is 0.892. The molecule has 1 aromatic heterocycles. The molecule has 3 rings (SSSR count). The number of hydrogen-bond donors (Lipinski definition) is 2. The summed E-state index contributed by atoms with van der Waals surface area (Å²) >= 11 is 1.88. The van der Waals surface area contributed by atoms with Gasteiger partial charge in [-0.05, 0) is 43.4 Å². The van der Waals surface area contributed by atoms with Gasteiger partial charge in [0, 0.05) is 22.9 Å². The van der Waals surface area contributed by atoms with Crippen molar-refractivity contribution in [2.75, 3.05) is 16.8 Å². The van der Waals surface area contributed by atoms with Crippen LogP contribution in [-0.2, 0) is 0 Å². The van der Waals surface area contributed by atoms with E-state index in [9.17, 15) is 4.79 Å². The van der Waals surface area contributed by atoms with E-state index in [-0.39, 0.29) is 12.1 Å². The first-order chi connectivity index (χ1) is 9.72. The monoisotopic (exact) mass is 287 g/mol. The molecular weight excluding hydrogens is 270 g/mol. The molecule has 5 heteroatoms. The Labute approximate surface area is 122 Å². The Balaban J connectivity index is 1.78. The number of nitrogens with one attached hydrogen (secondary N) is 2. The molecule has 2 heterocycles. The van der Waals surface area contributed by atoms with Crippen molar-refractivity contribution in [3.05, 3.63) is 36.0 Å². The minimum atomic E-state index is -0.134. The molecule has 4 nitrogen and oxygen atoms in total. The number of benzene rings is 1. The summed E-state index contributed by atoms with van der Waals surface area (Å²) < 4.78 is 0. The summed E-state index contributed by atoms with van der Waals surface area (Å²) in [4.78, 5) is 16.5. The van der Waals surface area contributed by atoms with E-state index in [1.807, 2.05) is 49.0 Å². The van der Waals surface area contributed by atoms with Gasteiger partial charge in [0.05, 0.1) is 11.2 Å². The van der Waals surface area contributed by atoms with Crippen LogP contribution in [0.1, 0.15) is 12.1 Å². The summed E-state index contributed by atoms with van der Waals surface area (Å²) in [6, 6.07) is 9.88. The summed E-state index contributed by atoms with van der Waals surface area (Å²) in [5.41, 5.74) is 2.68. The van der Waals surface area contributed by atoms with E-state index in [1.54, 1.807) is 0 Å². The average Bonchev–Trinajstić information content (AvgIpc) is 2.91. The second-order valence-corrected chi connectivity index (χ2v) is 6.13. The minimum Gasteiger partial charge on any atom is -0.334 e. The number of urea groups is 1. The van der Waals surface area contributed by atoms with Gasteiger partial charge in [-0.15, -0.1) is 0 Å². The second kappa shape index (κ2) is 5.71. The summed E-state index contributed by atoms with van der Waals surface area (Å²) in [6.07, 6.45) is 1.05. The van der Waals surface area contributed by atoms with Crippen LogP contribution in [0.4, 0.5) is 10.5 Å². The summed E-state index contributed by atoms with van der Waals surface area (Å²) in [5, 5.41) is 6.91. The number of pyridine rings is 1. The lowest BCUT2D eigenvalue weighted by Crippen LogP contribution is -2.37. The van der Waals surface area contributed by atoms with Crippen LogP contribution in [0.3, 0.4) is 0 Å². The molecule has 20 heavy (non-hydrogen) atoms. The topological polar surface area (TPSA) is 54.0 Å². The smallest absolute Gasteiger partial charge is 0.319 e. The van der Waals surface area contributed by atoms with Crippen LogP contribution in [0.25, 0.3) is 10.9 Å². The summed E-state index contributed by atoms with van der Waals surface area (Å²) in [7, 11) is 0. The predicted molar refractivity (Wildman–Crippen MR) is 84.4 cm³/mol. The van der Waals surface area contributed by atoms with Gasteiger partial charge < -0.3 is 10.6 Å². The van der Waals surface area contributed by atoms with Crippen LogP contribution < -0.4 is 10.6 Å². The number of nitrogens with zero attached hydrogens (tertiary/aromatic N) is 1. The van der Waals surface area contributed by atoms with E-state index in [1.165, 1.54) is 0 Å². The minimum absolute atomic E-state index is 0.134. The molecule has 2 aromatic rings. The van der Waals surface area contributed by atoms with Crippen molar-refractivity contribution in [3.63, 3.8) is 0 Å². The predicted octanol–water partition coefficient (Wildman–Crippen LogP) is 3.17. The second-order valence-electron chi connectivity index (χ2n) is 4.98. The Kier molecular flexibility index (Phi) is 3.78. The van der Waals surface area contributed by atoms with Gasteiger partial charge in [-0.2, -0.15) is 11.8 Å². The highest BCUT2D eigenvalue weighted by molar-refractivity contribution is 7.99. The molecule has 1 fully saturated rings. The molecule has 1 unspecified atom stereocenters. The lowest BCUT2D eigenvalue weighted by atomic mass is 10.1. The van der Waals surface area contributed by atoms with Gasteiger partial charge in [-0.25, -0.2) is 4.79 Å². The Morgan fingerprint density at radius 2 is 2.25 bits per heavy atom. The molecule has 1 aliphatic heterocycles. The van der Waals surface area contributed by atoms with Gasteiger partial charge in [0.2, 0.25) is 0 Å². The van der Waals surface area contributed by atoms with E-state index in [0.29, 0.717) is 0 Å². The number of hydrogen-bond acceptors (Lipinski definition) is 3. The number of aryl methyl sites for hydroxylation is 1. The van der Waals surface area contributed by atoms with Gasteiger partial charge in [-0.1, -0.05) is 6.07 Å². The molecule has 2 N–H and O–H groups in total. The Hall–Kier alpha value is -1.75. The van der Waals surface area contributed by atoms with Crippen molar-refractivity contribution < 1.29 is 4.79 Å². The largest absolute Gasteiger partial charge is 0.334 e. The van der Waals surface area contributed by atoms with Gasteiger partial charge in [0.25, 0.3) is 0 Å². The van der Waals surface area contributed by atoms with Crippen molar-refractivity contribution >= 4 is 34.4 Å². The van der Waals surface area contributed by atoms with E-state index in [0.717, 1.165) is 40.2 Å². The number of thioether (sulfide) groups is 1. The number of carbonyl (C=O) groups is 1. The zero-order valence-corrected chi connectivity index (χ0v) is 12.2. The van der Waals surface area contributed by atoms with E-state index >= 15 is 0 Å². The summed E-state index contributed by atoms with van der Waals surface area (Å²) in [6.45, 7) is 1.96. The molecule has 104 valence electrons. The first kappa shape index (κ1) is 13.2. The number of rotatable bonds is 2. The van der Waals surface area contributed by atoms with Crippen LogP contribution in [0.5, 0.6) is 0 Å². The van der Waals surface area contributed by atoms with E-state index < -0.39 is 0 Å². The Morgan fingerprint density at radius 1 is 1.35 bits per heavy atom. The van der Waals surface area contributed by atoms with E-state index in [4.69, 9.17) is 0 Å². The first-order valence-electron chi connectivity index (χ1n) is 6.74. The lowest BCUT2D eigenvalue weighted by Gasteiger charge is -2.13. The maximum Gasteiger partial charge on any atom is 0.319 e. The number of anilines is 1. The Bertz CT molecular complexity index is 638. The third-order valence-corrected chi connectivity index (χ3v) is 4.55. The molecule has 0 saturated carbocycles. The van der Waals surface area contributed by atoms with Gasteiger partial charge in [0.1, 0.15) is 0 Å². The summed E-state index contributed by atoms with van der Waals surface area (Å²) in [5.74, 6) is 2.13. The van der Waals surface area contributed by atoms with Gasteiger partial charge in [0.15, 0.2) is 0 Å². The van der Waals surface area contributed by atoms with Crippen LogP contribution in [-0.4, -0.2) is 28.6 Å². The molecule has 1 aromatic carbocycles. The fraction of sp³-hybridized carbons (Fsp3) is 0.333. The fourth-order valence-electron chi connectivity index (χ4n) is 2.36.